The van der Waals surface area contributed by atoms with Crippen LogP contribution >= 0.6 is 0 Å². The summed E-state index contributed by atoms with van der Waals surface area (Å²) in [6, 6.07) is 7.97. The van der Waals surface area contributed by atoms with Crippen molar-refractivity contribution in [3.05, 3.63) is 42.7 Å². The number of hydrogen-bond acceptors (Lipinski definition) is 6. The number of anilines is 1. The largest absolute Gasteiger partial charge is 0.352 e. The van der Waals surface area contributed by atoms with Crippen molar-refractivity contribution in [2.24, 2.45) is 0 Å². The molecular formula is C19H24N8O. The van der Waals surface area contributed by atoms with Gasteiger partial charge in [0.05, 0.1) is 5.52 Å². The number of para-hydroxylation sites is 1. The highest BCUT2D eigenvalue weighted by molar-refractivity contribution is 5.89. The molecule has 3 heterocycles. The molecule has 2 amide bonds. The van der Waals surface area contributed by atoms with Gasteiger partial charge in [-0.05, 0) is 19.1 Å². The van der Waals surface area contributed by atoms with Crippen LogP contribution in [0.1, 0.15) is 12.7 Å². The summed E-state index contributed by atoms with van der Waals surface area (Å²) in [5.74, 6) is 1.83. The van der Waals surface area contributed by atoms with E-state index < -0.39 is 0 Å². The van der Waals surface area contributed by atoms with Crippen LogP contribution < -0.4 is 10.2 Å². The van der Waals surface area contributed by atoms with Crippen LogP contribution in [-0.4, -0.2) is 68.4 Å². The number of nitrogens with one attached hydrogen (secondary N) is 1. The third-order valence-electron chi connectivity index (χ3n) is 5.05. The van der Waals surface area contributed by atoms with Gasteiger partial charge in [-0.3, -0.25) is 0 Å². The predicted molar refractivity (Wildman–Crippen MR) is 106 cm³/mol. The monoisotopic (exact) mass is 380 g/mol. The average Bonchev–Trinajstić information content (AvgIpc) is 3.21. The quantitative estimate of drug-likeness (QED) is 0.718. The Labute approximate surface area is 163 Å². The lowest BCUT2D eigenvalue weighted by atomic mass is 10.2. The molecule has 1 saturated heterocycles. The second kappa shape index (κ2) is 8.20. The Kier molecular flexibility index (Phi) is 5.31. The van der Waals surface area contributed by atoms with Crippen LogP contribution in [0.2, 0.25) is 0 Å². The van der Waals surface area contributed by atoms with Crippen LogP contribution in [0, 0.1) is 0 Å². The lowest BCUT2D eigenvalue weighted by molar-refractivity contribution is 0.194. The molecule has 0 radical (unpaired) electrons. The van der Waals surface area contributed by atoms with Gasteiger partial charge in [0.1, 0.15) is 24.3 Å². The summed E-state index contributed by atoms with van der Waals surface area (Å²) in [5, 5.41) is 12.0. The molecule has 1 N–H and O–H groups in total. The molecule has 0 unspecified atom stereocenters. The van der Waals surface area contributed by atoms with Gasteiger partial charge in [-0.25, -0.2) is 14.8 Å². The maximum absolute atomic E-state index is 12.5. The molecule has 1 aliphatic rings. The number of nitrogens with zero attached hydrogens (tertiary/aromatic N) is 7. The molecule has 3 aromatic rings. The van der Waals surface area contributed by atoms with Gasteiger partial charge in [-0.1, -0.05) is 12.1 Å². The molecule has 0 saturated carbocycles. The SMILES string of the molecule is CCn1cnnc1CCNC(=O)N1CCN(c2ncnc3ccccc23)CC1. The fourth-order valence-electron chi connectivity index (χ4n) is 3.49. The Bertz CT molecular complexity index is 943. The minimum Gasteiger partial charge on any atom is -0.352 e. The molecule has 0 aliphatic carbocycles. The highest BCUT2D eigenvalue weighted by atomic mass is 16.2. The first kappa shape index (κ1) is 18.1. The van der Waals surface area contributed by atoms with Gasteiger partial charge >= 0.3 is 6.03 Å². The number of carbonyl (C=O) groups excluding carboxylic acids is 1. The highest BCUT2D eigenvalue weighted by Gasteiger charge is 2.23. The number of fused-ring (bicyclic) bond motifs is 1. The second-order valence-corrected chi connectivity index (χ2v) is 6.70. The Hall–Kier alpha value is -3.23. The number of piperazine rings is 1. The molecule has 9 heteroatoms. The normalized spacial score (nSPS) is 14.5. The first-order valence-corrected chi connectivity index (χ1v) is 9.60. The van der Waals surface area contributed by atoms with E-state index in [9.17, 15) is 4.79 Å². The molecule has 1 aliphatic heterocycles. The van der Waals surface area contributed by atoms with Crippen molar-refractivity contribution >= 4 is 22.8 Å². The highest BCUT2D eigenvalue weighted by Crippen LogP contribution is 2.23. The van der Waals surface area contributed by atoms with Crippen LogP contribution in [0.3, 0.4) is 0 Å². The maximum atomic E-state index is 12.5. The first-order valence-electron chi connectivity index (χ1n) is 9.60. The van der Waals surface area contributed by atoms with E-state index in [1.54, 1.807) is 12.7 Å². The summed E-state index contributed by atoms with van der Waals surface area (Å²) in [6.45, 7) is 6.25. The van der Waals surface area contributed by atoms with E-state index in [2.05, 4.69) is 30.4 Å². The van der Waals surface area contributed by atoms with Gasteiger partial charge in [-0.15, -0.1) is 10.2 Å². The van der Waals surface area contributed by atoms with Crippen LogP contribution in [0.5, 0.6) is 0 Å². The smallest absolute Gasteiger partial charge is 0.317 e. The van der Waals surface area contributed by atoms with E-state index in [1.165, 1.54) is 0 Å². The predicted octanol–water partition coefficient (Wildman–Crippen LogP) is 1.32. The molecule has 9 nitrogen and oxygen atoms in total. The van der Waals surface area contributed by atoms with Gasteiger partial charge in [0.2, 0.25) is 0 Å². The van der Waals surface area contributed by atoms with Crippen molar-refractivity contribution in [3.63, 3.8) is 0 Å². The molecule has 0 spiro atoms. The van der Waals surface area contributed by atoms with E-state index in [-0.39, 0.29) is 6.03 Å². The Balaban J connectivity index is 1.30. The lowest BCUT2D eigenvalue weighted by Gasteiger charge is -2.35. The van der Waals surface area contributed by atoms with Gasteiger partial charge in [0.15, 0.2) is 0 Å². The molecule has 2 aromatic heterocycles. The zero-order valence-corrected chi connectivity index (χ0v) is 16.0. The molecule has 0 atom stereocenters. The first-order chi connectivity index (χ1) is 13.8. The number of aryl methyl sites for hydroxylation is 1. The van der Waals surface area contributed by atoms with Crippen LogP contribution in [-0.2, 0) is 13.0 Å². The van der Waals surface area contributed by atoms with Crippen LogP contribution in [0.4, 0.5) is 10.6 Å². The number of urea groups is 1. The topological polar surface area (TPSA) is 92.1 Å². The number of amides is 2. The molecular weight excluding hydrogens is 356 g/mol. The minimum absolute atomic E-state index is 0.0326. The van der Waals surface area contributed by atoms with Gasteiger partial charge in [0, 0.05) is 51.1 Å². The van der Waals surface area contributed by atoms with Crippen LogP contribution in [0.25, 0.3) is 10.9 Å². The van der Waals surface area contributed by atoms with E-state index in [0.29, 0.717) is 26.1 Å². The van der Waals surface area contributed by atoms with Crippen molar-refractivity contribution in [2.75, 3.05) is 37.6 Å². The van der Waals surface area contributed by atoms with Crippen molar-refractivity contribution in [1.29, 1.82) is 0 Å². The third-order valence-corrected chi connectivity index (χ3v) is 5.05. The Morgan fingerprint density at radius 2 is 1.96 bits per heavy atom. The summed E-state index contributed by atoms with van der Waals surface area (Å²) in [5.41, 5.74) is 0.938. The van der Waals surface area contributed by atoms with Crippen molar-refractivity contribution in [2.45, 2.75) is 19.9 Å². The Morgan fingerprint density at radius 3 is 2.79 bits per heavy atom. The van der Waals surface area contributed by atoms with Gasteiger partial charge in [0.25, 0.3) is 0 Å². The summed E-state index contributed by atoms with van der Waals surface area (Å²) in [4.78, 5) is 25.3. The maximum Gasteiger partial charge on any atom is 0.317 e. The zero-order valence-electron chi connectivity index (χ0n) is 16.0. The number of carbonyl (C=O) groups is 1. The third kappa shape index (κ3) is 3.73. The summed E-state index contributed by atoms with van der Waals surface area (Å²) >= 11 is 0. The molecule has 0 bridgehead atoms. The van der Waals surface area contributed by atoms with Crippen molar-refractivity contribution in [1.82, 2.24) is 34.9 Å². The average molecular weight is 380 g/mol. The van der Waals surface area contributed by atoms with E-state index in [4.69, 9.17) is 0 Å². The number of rotatable bonds is 5. The molecule has 1 aromatic carbocycles. The minimum atomic E-state index is -0.0326. The lowest BCUT2D eigenvalue weighted by Crippen LogP contribution is -2.52. The number of hydrogen-bond donors (Lipinski definition) is 1. The van der Waals surface area contributed by atoms with Gasteiger partial charge < -0.3 is 19.7 Å². The van der Waals surface area contributed by atoms with Gasteiger partial charge in [-0.2, -0.15) is 0 Å². The van der Waals surface area contributed by atoms with Crippen molar-refractivity contribution < 1.29 is 4.79 Å². The summed E-state index contributed by atoms with van der Waals surface area (Å²) in [7, 11) is 0. The van der Waals surface area contributed by atoms with E-state index in [0.717, 1.165) is 42.2 Å². The molecule has 4 rings (SSSR count). The second-order valence-electron chi connectivity index (χ2n) is 6.70. The molecule has 146 valence electrons. The summed E-state index contributed by atoms with van der Waals surface area (Å²) in [6.07, 6.45) is 3.99. The Morgan fingerprint density at radius 1 is 1.14 bits per heavy atom. The van der Waals surface area contributed by atoms with E-state index in [1.807, 2.05) is 40.7 Å². The van der Waals surface area contributed by atoms with Crippen molar-refractivity contribution in [3.8, 4) is 0 Å². The standard InChI is InChI=1S/C19H24N8O/c1-2-25-14-23-24-17(25)7-8-20-19(28)27-11-9-26(10-12-27)18-15-5-3-4-6-16(15)21-13-22-18/h3-6,13-14H,2,7-12H2,1H3,(H,20,28). The molecule has 28 heavy (non-hydrogen) atoms. The van der Waals surface area contributed by atoms with E-state index >= 15 is 0 Å². The fourth-order valence-corrected chi connectivity index (χ4v) is 3.49. The summed E-state index contributed by atoms with van der Waals surface area (Å²) < 4.78 is 1.98. The molecule has 1 fully saturated rings. The number of aromatic nitrogens is 5. The fraction of sp³-hybridized carbons (Fsp3) is 0.421. The number of benzene rings is 1. The zero-order chi connectivity index (χ0) is 19.3. The van der Waals surface area contributed by atoms with Crippen LogP contribution in [0.15, 0.2) is 36.9 Å².